The number of nitrogens with one attached hydrogen (secondary N) is 1. The molecule has 6 nitrogen and oxygen atoms in total. The van der Waals surface area contributed by atoms with Gasteiger partial charge in [-0.05, 0) is 63.8 Å². The minimum absolute atomic E-state index is 0.0475. The van der Waals surface area contributed by atoms with Crippen molar-refractivity contribution in [1.82, 2.24) is 5.32 Å². The zero-order chi connectivity index (χ0) is 22.9. The zero-order valence-corrected chi connectivity index (χ0v) is 20.3. The third-order valence-corrected chi connectivity index (χ3v) is 5.00. The highest BCUT2D eigenvalue weighted by atomic mass is 35.5. The van der Waals surface area contributed by atoms with E-state index in [0.717, 1.165) is 22.4 Å². The largest absolute Gasteiger partial charge is 0.469 e. The van der Waals surface area contributed by atoms with Crippen LogP contribution in [-0.4, -0.2) is 55.7 Å². The molecule has 0 aliphatic heterocycles. The minimum Gasteiger partial charge on any atom is -0.469 e. The monoisotopic (exact) mass is 460 g/mol. The molecule has 1 N–H and O–H groups in total. The Balaban J connectivity index is 3.19. The van der Waals surface area contributed by atoms with Crippen LogP contribution in [0, 0.1) is 13.8 Å². The molecule has 0 aliphatic rings. The number of nitrogens with zero attached hydrogens (tertiary/aromatic N) is 1. The molecule has 0 fully saturated rings. The lowest BCUT2D eigenvalue weighted by Crippen LogP contribution is -2.41. The second-order valence-electron chi connectivity index (χ2n) is 8.20. The lowest BCUT2D eigenvalue weighted by Gasteiger charge is -2.28. The van der Waals surface area contributed by atoms with Crippen LogP contribution in [0.15, 0.2) is 12.1 Å². The highest BCUT2D eigenvalue weighted by molar-refractivity contribution is 6.18. The van der Waals surface area contributed by atoms with Crippen molar-refractivity contribution in [3.05, 3.63) is 28.8 Å². The molecule has 0 bridgehead atoms. The number of alkyl carbamates (subject to hydrolysis) is 1. The van der Waals surface area contributed by atoms with Crippen molar-refractivity contribution in [2.45, 2.75) is 59.1 Å². The van der Waals surface area contributed by atoms with Gasteiger partial charge >= 0.3 is 12.1 Å². The van der Waals surface area contributed by atoms with E-state index in [4.69, 9.17) is 32.7 Å². The highest BCUT2D eigenvalue weighted by Crippen LogP contribution is 2.28. The summed E-state index contributed by atoms with van der Waals surface area (Å²) in [5.74, 6) is 0.587. The molecule has 0 aromatic heterocycles. The van der Waals surface area contributed by atoms with E-state index in [2.05, 4.69) is 16.3 Å². The van der Waals surface area contributed by atoms with Crippen molar-refractivity contribution in [3.8, 4) is 0 Å². The molecule has 0 spiro atoms. The van der Waals surface area contributed by atoms with E-state index in [1.54, 1.807) is 20.8 Å². The van der Waals surface area contributed by atoms with Crippen molar-refractivity contribution >= 4 is 41.0 Å². The van der Waals surface area contributed by atoms with Gasteiger partial charge in [0, 0.05) is 36.6 Å². The van der Waals surface area contributed by atoms with Gasteiger partial charge in [-0.3, -0.25) is 4.79 Å². The molecule has 1 amide bonds. The van der Waals surface area contributed by atoms with E-state index < -0.39 is 23.7 Å². The number of hydrogen-bond acceptors (Lipinski definition) is 5. The number of alkyl halides is 2. The van der Waals surface area contributed by atoms with E-state index in [0.29, 0.717) is 31.3 Å². The van der Waals surface area contributed by atoms with Gasteiger partial charge in [0.15, 0.2) is 0 Å². The zero-order valence-electron chi connectivity index (χ0n) is 18.8. The third kappa shape index (κ3) is 8.60. The van der Waals surface area contributed by atoms with Gasteiger partial charge in [0.25, 0.3) is 0 Å². The molecule has 0 unspecified atom stereocenters. The first-order valence-electron chi connectivity index (χ1n) is 10.0. The Morgan fingerprint density at radius 2 is 1.73 bits per heavy atom. The molecule has 0 heterocycles. The molecule has 1 rings (SSSR count). The minimum atomic E-state index is -0.630. The van der Waals surface area contributed by atoms with Crippen molar-refractivity contribution in [2.75, 3.05) is 36.9 Å². The number of carbonyl (C=O) groups is 2. The fourth-order valence-electron chi connectivity index (χ4n) is 3.27. The van der Waals surface area contributed by atoms with Crippen LogP contribution in [-0.2, 0) is 20.7 Å². The highest BCUT2D eigenvalue weighted by Gasteiger charge is 2.24. The van der Waals surface area contributed by atoms with Gasteiger partial charge in [0.05, 0.1) is 13.5 Å². The maximum absolute atomic E-state index is 12.3. The predicted molar refractivity (Wildman–Crippen MR) is 123 cm³/mol. The summed E-state index contributed by atoms with van der Waals surface area (Å²) in [5, 5.41) is 2.82. The molecule has 30 heavy (non-hydrogen) atoms. The number of hydrogen-bond donors (Lipinski definition) is 1. The molecule has 1 aromatic rings. The summed E-state index contributed by atoms with van der Waals surface area (Å²) in [7, 11) is 1.33. The van der Waals surface area contributed by atoms with Crippen LogP contribution in [0.4, 0.5) is 10.5 Å². The summed E-state index contributed by atoms with van der Waals surface area (Å²) in [4.78, 5) is 26.4. The number of amides is 1. The molecule has 1 aromatic carbocycles. The maximum Gasteiger partial charge on any atom is 0.407 e. The number of halogens is 2. The second kappa shape index (κ2) is 12.3. The number of methoxy groups -OCH3 is 1. The standard InChI is InChI=1S/C22H34Cl2N2O4/c1-15-7-8-19(26(11-9-23)12-10-24)16(2)18(15)13-17(14-20(27)29-6)25-21(28)30-22(3,4)5/h7-8,17H,9-14H2,1-6H3,(H,25,28)/t17-/m0/s1. The summed E-state index contributed by atoms with van der Waals surface area (Å²) in [6, 6.07) is 3.63. The molecule has 8 heteroatoms. The van der Waals surface area contributed by atoms with Crippen LogP contribution in [0.1, 0.15) is 43.9 Å². The summed E-state index contributed by atoms with van der Waals surface area (Å²) in [6.45, 7) is 10.8. The fourth-order valence-corrected chi connectivity index (χ4v) is 3.68. The number of ether oxygens (including phenoxy) is 2. The Hall–Kier alpha value is -1.66. The topological polar surface area (TPSA) is 67.9 Å². The number of carbonyl (C=O) groups excluding carboxylic acids is 2. The van der Waals surface area contributed by atoms with Gasteiger partial charge in [-0.2, -0.15) is 0 Å². The van der Waals surface area contributed by atoms with Gasteiger partial charge in [-0.25, -0.2) is 4.79 Å². The normalized spacial score (nSPS) is 12.3. The number of esters is 1. The lowest BCUT2D eigenvalue weighted by molar-refractivity contribution is -0.141. The smallest absolute Gasteiger partial charge is 0.407 e. The number of anilines is 1. The Bertz CT molecular complexity index is 714. The van der Waals surface area contributed by atoms with Crippen molar-refractivity contribution in [1.29, 1.82) is 0 Å². The molecule has 170 valence electrons. The Morgan fingerprint density at radius 1 is 1.13 bits per heavy atom. The number of aryl methyl sites for hydroxylation is 1. The van der Waals surface area contributed by atoms with Crippen LogP contribution in [0.25, 0.3) is 0 Å². The first-order valence-corrected chi connectivity index (χ1v) is 11.1. The van der Waals surface area contributed by atoms with Crippen molar-refractivity contribution in [2.24, 2.45) is 0 Å². The average molecular weight is 461 g/mol. The lowest BCUT2D eigenvalue weighted by atomic mass is 9.93. The Labute approximate surface area is 190 Å². The molecule has 0 saturated carbocycles. The number of rotatable bonds is 10. The maximum atomic E-state index is 12.3. The molecular weight excluding hydrogens is 427 g/mol. The first-order chi connectivity index (χ1) is 14.0. The van der Waals surface area contributed by atoms with Crippen molar-refractivity contribution < 1.29 is 19.1 Å². The van der Waals surface area contributed by atoms with Crippen LogP contribution in [0.2, 0.25) is 0 Å². The Kier molecular flexibility index (Phi) is 10.8. The van der Waals surface area contributed by atoms with Crippen LogP contribution in [0.3, 0.4) is 0 Å². The SMILES string of the molecule is COC(=O)C[C@H](Cc1c(C)ccc(N(CCCl)CCCl)c1C)NC(=O)OC(C)(C)C. The van der Waals surface area contributed by atoms with Crippen molar-refractivity contribution in [3.63, 3.8) is 0 Å². The van der Waals surface area contributed by atoms with Crippen LogP contribution >= 0.6 is 23.2 Å². The predicted octanol–water partition coefficient (Wildman–Crippen LogP) is 4.59. The van der Waals surface area contributed by atoms with E-state index in [-0.39, 0.29) is 6.42 Å². The quantitative estimate of drug-likeness (QED) is 0.408. The molecule has 0 aliphatic carbocycles. The van der Waals surface area contributed by atoms with E-state index in [9.17, 15) is 9.59 Å². The summed E-state index contributed by atoms with van der Waals surface area (Å²) in [6.07, 6.45) is -0.0461. The summed E-state index contributed by atoms with van der Waals surface area (Å²) < 4.78 is 10.2. The average Bonchev–Trinajstić information content (AvgIpc) is 2.63. The second-order valence-corrected chi connectivity index (χ2v) is 8.95. The van der Waals surface area contributed by atoms with E-state index in [1.165, 1.54) is 7.11 Å². The van der Waals surface area contributed by atoms with E-state index >= 15 is 0 Å². The third-order valence-electron chi connectivity index (χ3n) is 4.67. The Morgan fingerprint density at radius 3 is 2.23 bits per heavy atom. The van der Waals surface area contributed by atoms with Gasteiger partial charge in [0.2, 0.25) is 0 Å². The molecule has 1 atom stereocenters. The van der Waals surface area contributed by atoms with E-state index in [1.807, 2.05) is 19.9 Å². The van der Waals surface area contributed by atoms with Gasteiger partial charge in [-0.15, -0.1) is 23.2 Å². The molecule has 0 saturated heterocycles. The van der Waals surface area contributed by atoms with Crippen LogP contribution < -0.4 is 10.2 Å². The molecule has 0 radical (unpaired) electrons. The summed E-state index contributed by atoms with van der Waals surface area (Å²) in [5.41, 5.74) is 3.63. The fraction of sp³-hybridized carbons (Fsp3) is 0.636. The molecular formula is C22H34Cl2N2O4. The van der Waals surface area contributed by atoms with Crippen LogP contribution in [0.5, 0.6) is 0 Å². The van der Waals surface area contributed by atoms with Gasteiger partial charge < -0.3 is 19.7 Å². The van der Waals surface area contributed by atoms with Gasteiger partial charge in [0.1, 0.15) is 5.60 Å². The van der Waals surface area contributed by atoms with Gasteiger partial charge in [-0.1, -0.05) is 6.07 Å². The summed E-state index contributed by atoms with van der Waals surface area (Å²) >= 11 is 12.0. The number of benzene rings is 1. The first kappa shape index (κ1) is 26.4.